The second-order valence-corrected chi connectivity index (χ2v) is 11.9. The normalized spacial score (nSPS) is 21.3. The van der Waals surface area contributed by atoms with Gasteiger partial charge in [-0.3, -0.25) is 0 Å². The zero-order valence-electron chi connectivity index (χ0n) is 17.0. The average Bonchev–Trinajstić information content (AvgIpc) is 2.93. The summed E-state index contributed by atoms with van der Waals surface area (Å²) in [5, 5.41) is 0. The lowest BCUT2D eigenvalue weighted by Gasteiger charge is -2.44. The van der Waals surface area contributed by atoms with Gasteiger partial charge >= 0.3 is 0 Å². The summed E-state index contributed by atoms with van der Waals surface area (Å²) in [7, 11) is -0.0454. The summed E-state index contributed by atoms with van der Waals surface area (Å²) in [6.07, 6.45) is 19.5. The van der Waals surface area contributed by atoms with E-state index in [4.69, 9.17) is 0 Å². The lowest BCUT2D eigenvalue weighted by Crippen LogP contribution is -2.24. The van der Waals surface area contributed by atoms with Gasteiger partial charge in [-0.25, -0.2) is 0 Å². The largest absolute Gasteiger partial charge is 0.0880 e. The number of benzene rings is 2. The van der Waals surface area contributed by atoms with Crippen molar-refractivity contribution >= 4 is 20.1 Å². The summed E-state index contributed by atoms with van der Waals surface area (Å²) in [5.74, 6) is 0. The molecule has 0 N–H and O–H groups in total. The fraction of sp³-hybridized carbons (Fsp3) is 0.481. The zero-order chi connectivity index (χ0) is 18.8. The molecule has 28 heavy (non-hydrogen) atoms. The molecule has 0 bridgehead atoms. The molecule has 0 spiro atoms. The Balaban J connectivity index is 1.65. The van der Waals surface area contributed by atoms with E-state index >= 15 is 0 Å². The molecule has 2 saturated carbocycles. The van der Waals surface area contributed by atoms with Crippen LogP contribution in [0.4, 0.5) is 0 Å². The van der Waals surface area contributed by atoms with Crippen LogP contribution in [-0.4, -0.2) is 11.3 Å². The molecule has 0 radical (unpaired) electrons. The van der Waals surface area contributed by atoms with Gasteiger partial charge < -0.3 is 0 Å². The molecule has 0 aliphatic heterocycles. The molecule has 3 aliphatic carbocycles. The van der Waals surface area contributed by atoms with Crippen molar-refractivity contribution < 1.29 is 0 Å². The molecule has 0 unspecified atom stereocenters. The molecule has 0 aromatic heterocycles. The standard InChI is InChI=1S/C27H33P/c1-3-13-23(14-4-1)28(24-15-5-2-6-16-24)27-25-17-9-7-11-21(25)19-20-22-12-8-10-18-26(22)27/h7-12,17-20,23-24,27H,1-6,13-16H2. The first-order valence-corrected chi connectivity index (χ1v) is 13.1. The Labute approximate surface area is 172 Å². The molecule has 2 fully saturated rings. The second-order valence-electron chi connectivity index (χ2n) is 9.02. The predicted molar refractivity (Wildman–Crippen MR) is 124 cm³/mol. The third kappa shape index (κ3) is 3.61. The van der Waals surface area contributed by atoms with Crippen LogP contribution in [0.15, 0.2) is 48.5 Å². The molecule has 0 amide bonds. The van der Waals surface area contributed by atoms with Gasteiger partial charge in [-0.2, -0.15) is 0 Å². The van der Waals surface area contributed by atoms with Crippen LogP contribution in [0.5, 0.6) is 0 Å². The molecular weight excluding hydrogens is 355 g/mol. The zero-order valence-corrected chi connectivity index (χ0v) is 17.9. The van der Waals surface area contributed by atoms with Gasteiger partial charge in [-0.1, -0.05) is 107 Å². The van der Waals surface area contributed by atoms with Crippen LogP contribution >= 0.6 is 7.92 Å². The molecule has 0 heterocycles. The highest BCUT2D eigenvalue weighted by molar-refractivity contribution is 7.59. The van der Waals surface area contributed by atoms with Gasteiger partial charge in [0, 0.05) is 5.66 Å². The molecule has 2 aromatic carbocycles. The minimum Gasteiger partial charge on any atom is -0.0880 e. The maximum atomic E-state index is 2.45. The lowest BCUT2D eigenvalue weighted by atomic mass is 9.98. The highest BCUT2D eigenvalue weighted by Gasteiger charge is 2.39. The highest BCUT2D eigenvalue weighted by atomic mass is 31.1. The summed E-state index contributed by atoms with van der Waals surface area (Å²) < 4.78 is 0. The number of hydrogen-bond acceptors (Lipinski definition) is 0. The van der Waals surface area contributed by atoms with Crippen LogP contribution in [0.3, 0.4) is 0 Å². The van der Waals surface area contributed by atoms with Crippen LogP contribution in [0, 0.1) is 0 Å². The summed E-state index contributed by atoms with van der Waals surface area (Å²) in [4.78, 5) is 0. The fourth-order valence-electron chi connectivity index (χ4n) is 5.97. The van der Waals surface area contributed by atoms with Crippen molar-refractivity contribution in [1.29, 1.82) is 0 Å². The maximum absolute atomic E-state index is 2.45. The monoisotopic (exact) mass is 388 g/mol. The van der Waals surface area contributed by atoms with Gasteiger partial charge in [-0.05, 0) is 59.3 Å². The number of rotatable bonds is 3. The number of fused-ring (bicyclic) bond motifs is 2. The first-order chi connectivity index (χ1) is 13.9. The number of hydrogen-bond donors (Lipinski definition) is 0. The van der Waals surface area contributed by atoms with E-state index in [2.05, 4.69) is 60.7 Å². The highest BCUT2D eigenvalue weighted by Crippen LogP contribution is 2.67. The van der Waals surface area contributed by atoms with Crippen LogP contribution < -0.4 is 0 Å². The third-order valence-corrected chi connectivity index (χ3v) is 11.2. The van der Waals surface area contributed by atoms with Gasteiger partial charge in [-0.15, -0.1) is 0 Å². The van der Waals surface area contributed by atoms with Crippen molar-refractivity contribution in [1.82, 2.24) is 0 Å². The van der Waals surface area contributed by atoms with E-state index < -0.39 is 0 Å². The SMILES string of the molecule is C1=Cc2ccccc2C(P(C2CCCCC2)C2CCCCC2)c2ccccc21. The first kappa shape index (κ1) is 18.6. The van der Waals surface area contributed by atoms with E-state index in [-0.39, 0.29) is 7.92 Å². The Kier molecular flexibility index (Phi) is 5.68. The van der Waals surface area contributed by atoms with Crippen molar-refractivity contribution in [3.05, 3.63) is 70.8 Å². The van der Waals surface area contributed by atoms with E-state index in [1.54, 1.807) is 11.1 Å². The third-order valence-electron chi connectivity index (χ3n) is 7.31. The predicted octanol–water partition coefficient (Wildman–Crippen LogP) is 8.41. The summed E-state index contributed by atoms with van der Waals surface area (Å²) >= 11 is 0. The summed E-state index contributed by atoms with van der Waals surface area (Å²) in [5.41, 5.74) is 8.72. The van der Waals surface area contributed by atoms with Crippen LogP contribution in [0.1, 0.15) is 92.1 Å². The van der Waals surface area contributed by atoms with Gasteiger partial charge in [0.2, 0.25) is 0 Å². The van der Waals surface area contributed by atoms with Crippen LogP contribution in [0.2, 0.25) is 0 Å². The van der Waals surface area contributed by atoms with Crippen molar-refractivity contribution in [2.45, 2.75) is 81.2 Å². The molecule has 5 rings (SSSR count). The van der Waals surface area contributed by atoms with Gasteiger partial charge in [0.05, 0.1) is 0 Å². The molecule has 0 atom stereocenters. The minimum absolute atomic E-state index is 0.0454. The van der Waals surface area contributed by atoms with Crippen molar-refractivity contribution in [2.75, 3.05) is 0 Å². The van der Waals surface area contributed by atoms with E-state index in [0.29, 0.717) is 5.66 Å². The van der Waals surface area contributed by atoms with Gasteiger partial charge in [0.25, 0.3) is 0 Å². The van der Waals surface area contributed by atoms with Crippen LogP contribution in [0.25, 0.3) is 12.2 Å². The van der Waals surface area contributed by atoms with Crippen molar-refractivity contribution in [3.8, 4) is 0 Å². The fourth-order valence-corrected chi connectivity index (χ4v) is 10.4. The summed E-state index contributed by atoms with van der Waals surface area (Å²) in [6.45, 7) is 0. The molecule has 0 nitrogen and oxygen atoms in total. The van der Waals surface area contributed by atoms with Gasteiger partial charge in [0.1, 0.15) is 0 Å². The van der Waals surface area contributed by atoms with E-state index in [9.17, 15) is 0 Å². The molecular formula is C27H33P. The van der Waals surface area contributed by atoms with E-state index in [1.807, 2.05) is 0 Å². The van der Waals surface area contributed by atoms with E-state index in [1.165, 1.54) is 75.3 Å². The Bertz CT molecular complexity index is 756. The molecule has 2 aromatic rings. The summed E-state index contributed by atoms with van der Waals surface area (Å²) in [6, 6.07) is 18.6. The topological polar surface area (TPSA) is 0 Å². The smallest absolute Gasteiger partial charge is 0.0308 e. The second kappa shape index (κ2) is 8.54. The molecule has 0 saturated heterocycles. The van der Waals surface area contributed by atoms with Crippen molar-refractivity contribution in [2.24, 2.45) is 0 Å². The molecule has 3 aliphatic rings. The Hall–Kier alpha value is -1.39. The van der Waals surface area contributed by atoms with Crippen LogP contribution in [-0.2, 0) is 0 Å². The molecule has 1 heteroatoms. The van der Waals surface area contributed by atoms with Crippen molar-refractivity contribution in [3.63, 3.8) is 0 Å². The van der Waals surface area contributed by atoms with Gasteiger partial charge in [0.15, 0.2) is 0 Å². The lowest BCUT2D eigenvalue weighted by molar-refractivity contribution is 0.482. The molecule has 146 valence electrons. The Morgan fingerprint density at radius 3 is 1.43 bits per heavy atom. The first-order valence-electron chi connectivity index (χ1n) is 11.6. The Morgan fingerprint density at radius 1 is 0.536 bits per heavy atom. The maximum Gasteiger partial charge on any atom is 0.0308 e. The quantitative estimate of drug-likeness (QED) is 0.463. The minimum atomic E-state index is -0.0454. The average molecular weight is 389 g/mol. The Morgan fingerprint density at radius 2 is 0.964 bits per heavy atom. The van der Waals surface area contributed by atoms with E-state index in [0.717, 1.165) is 11.3 Å².